The van der Waals surface area contributed by atoms with Gasteiger partial charge in [-0.05, 0) is 116 Å². The van der Waals surface area contributed by atoms with Gasteiger partial charge >= 0.3 is 17.9 Å². The summed E-state index contributed by atoms with van der Waals surface area (Å²) >= 11 is 0. The smallest absolute Gasteiger partial charge is 0.306 e. The molecule has 6 nitrogen and oxygen atoms in total. The molecule has 0 radical (unpaired) electrons. The number of allylic oxidation sites excluding steroid dienone is 20. The van der Waals surface area contributed by atoms with Crippen LogP contribution in [0.3, 0.4) is 0 Å². The summed E-state index contributed by atoms with van der Waals surface area (Å²) in [7, 11) is 0. The average molecular weight is 1110 g/mol. The SMILES string of the molecule is CC/C=C\C/C=C\C/C=C\C/C=C\C/C=C\C/C=C\C/C=C\C/C=C\C/C=C\CCCCCCCC(=O)OCC(COC(=O)CCCCCCCCCCCCCCCC)OC(=O)CCCCCCC/C=C\CCCCCCCC. The number of carbonyl (C=O) groups is 3. The number of rotatable bonds is 60. The lowest BCUT2D eigenvalue weighted by atomic mass is 10.0. The first-order valence-corrected chi connectivity index (χ1v) is 33.5. The van der Waals surface area contributed by atoms with Crippen molar-refractivity contribution >= 4 is 17.9 Å². The Bertz CT molecular complexity index is 1650. The fourth-order valence-corrected chi connectivity index (χ4v) is 9.20. The lowest BCUT2D eigenvalue weighted by Gasteiger charge is -2.18. The standard InChI is InChI=1S/C74H124O6/c1-4-7-10-13-16-19-22-25-28-29-30-31-32-33-34-35-36-37-38-39-40-41-42-43-44-45-47-49-52-55-58-61-64-67-73(76)79-70-71(69-78-72(75)66-63-60-57-54-51-48-27-24-21-18-15-12-9-6-3)80-74(77)68-65-62-59-56-53-50-46-26-23-20-17-14-11-8-5-2/h7,10,16,19,25-26,28,30-31,33-34,36-37,39-40,42-43,45-47,71H,4-6,8-9,11-15,17-18,20-24,27,29,32,35,38,41,44,48-70H2,1-3H3/b10-7-,19-16-,28-25-,31-30-,34-33-,37-36-,40-39-,43-42-,46-26-,47-45-. The third kappa shape index (κ3) is 64.6. The summed E-state index contributed by atoms with van der Waals surface area (Å²) in [5.74, 6) is -0.906. The number of carbonyl (C=O) groups excluding carboxylic acids is 3. The Hall–Kier alpha value is -4.19. The van der Waals surface area contributed by atoms with E-state index in [0.29, 0.717) is 19.3 Å². The second-order valence-electron chi connectivity index (χ2n) is 22.0. The van der Waals surface area contributed by atoms with Crippen molar-refractivity contribution in [3.63, 3.8) is 0 Å². The first kappa shape index (κ1) is 75.8. The van der Waals surface area contributed by atoms with Crippen molar-refractivity contribution in [1.29, 1.82) is 0 Å². The van der Waals surface area contributed by atoms with Gasteiger partial charge in [-0.1, -0.05) is 296 Å². The molecule has 456 valence electrons. The maximum atomic E-state index is 12.9. The molecular formula is C74H124O6. The first-order chi connectivity index (χ1) is 39.5. The van der Waals surface area contributed by atoms with E-state index in [-0.39, 0.29) is 31.1 Å². The van der Waals surface area contributed by atoms with Gasteiger partial charge in [0.1, 0.15) is 13.2 Å². The first-order valence-electron chi connectivity index (χ1n) is 33.5. The Morgan fingerprint density at radius 2 is 0.487 bits per heavy atom. The Morgan fingerprint density at radius 3 is 0.775 bits per heavy atom. The minimum Gasteiger partial charge on any atom is -0.462 e. The largest absolute Gasteiger partial charge is 0.462 e. The maximum absolute atomic E-state index is 12.9. The number of esters is 3. The van der Waals surface area contributed by atoms with E-state index in [1.807, 2.05) is 0 Å². The number of unbranched alkanes of at least 4 members (excludes halogenated alkanes) is 29. The van der Waals surface area contributed by atoms with E-state index in [0.717, 1.165) is 148 Å². The molecule has 1 unspecified atom stereocenters. The molecule has 0 aromatic carbocycles. The van der Waals surface area contributed by atoms with E-state index >= 15 is 0 Å². The van der Waals surface area contributed by atoms with Crippen molar-refractivity contribution < 1.29 is 28.6 Å². The molecular weight excluding hydrogens is 985 g/mol. The fourth-order valence-electron chi connectivity index (χ4n) is 9.20. The summed E-state index contributed by atoms with van der Waals surface area (Å²) in [4.78, 5) is 38.3. The lowest BCUT2D eigenvalue weighted by molar-refractivity contribution is -0.167. The van der Waals surface area contributed by atoms with Gasteiger partial charge < -0.3 is 14.2 Å². The molecule has 0 aliphatic heterocycles. The summed E-state index contributed by atoms with van der Waals surface area (Å²) in [6.45, 7) is 6.52. The van der Waals surface area contributed by atoms with Gasteiger partial charge in [-0.15, -0.1) is 0 Å². The lowest BCUT2D eigenvalue weighted by Crippen LogP contribution is -2.30. The topological polar surface area (TPSA) is 78.9 Å². The van der Waals surface area contributed by atoms with E-state index in [9.17, 15) is 14.4 Å². The highest BCUT2D eigenvalue weighted by atomic mass is 16.6. The summed E-state index contributed by atoms with van der Waals surface area (Å²) in [5.41, 5.74) is 0. The number of ether oxygens (including phenoxy) is 3. The molecule has 80 heavy (non-hydrogen) atoms. The molecule has 1 atom stereocenters. The van der Waals surface area contributed by atoms with Crippen LogP contribution in [0.5, 0.6) is 0 Å². The predicted molar refractivity (Wildman–Crippen MR) is 348 cm³/mol. The fraction of sp³-hybridized carbons (Fsp3) is 0.689. The molecule has 0 spiro atoms. The van der Waals surface area contributed by atoms with E-state index in [2.05, 4.69) is 142 Å². The van der Waals surface area contributed by atoms with E-state index in [1.165, 1.54) is 122 Å². The van der Waals surface area contributed by atoms with Crippen LogP contribution < -0.4 is 0 Å². The molecule has 0 bridgehead atoms. The highest BCUT2D eigenvalue weighted by Gasteiger charge is 2.19. The highest BCUT2D eigenvalue weighted by Crippen LogP contribution is 2.16. The van der Waals surface area contributed by atoms with E-state index < -0.39 is 6.10 Å². The van der Waals surface area contributed by atoms with E-state index in [1.54, 1.807) is 0 Å². The Balaban J connectivity index is 4.32. The molecule has 6 heteroatoms. The van der Waals surface area contributed by atoms with Crippen LogP contribution in [0.25, 0.3) is 0 Å². The van der Waals surface area contributed by atoms with Gasteiger partial charge in [-0.25, -0.2) is 0 Å². The van der Waals surface area contributed by atoms with Gasteiger partial charge in [0.25, 0.3) is 0 Å². The molecule has 0 saturated carbocycles. The second-order valence-corrected chi connectivity index (χ2v) is 22.0. The molecule has 0 aliphatic rings. The minimum absolute atomic E-state index is 0.0861. The monoisotopic (exact) mass is 1110 g/mol. The van der Waals surface area contributed by atoms with Gasteiger partial charge in [0.15, 0.2) is 6.10 Å². The summed E-state index contributed by atoms with van der Waals surface area (Å²) < 4.78 is 16.9. The molecule has 0 heterocycles. The molecule has 0 aliphatic carbocycles. The van der Waals surface area contributed by atoms with Crippen LogP contribution in [-0.2, 0) is 28.6 Å². The maximum Gasteiger partial charge on any atom is 0.306 e. The quantitative estimate of drug-likeness (QED) is 0.0261. The van der Waals surface area contributed by atoms with Crippen LogP contribution in [-0.4, -0.2) is 37.2 Å². The zero-order valence-corrected chi connectivity index (χ0v) is 52.3. The third-order valence-corrected chi connectivity index (χ3v) is 14.2. The van der Waals surface area contributed by atoms with Crippen LogP contribution in [0.2, 0.25) is 0 Å². The zero-order chi connectivity index (χ0) is 57.8. The van der Waals surface area contributed by atoms with Crippen molar-refractivity contribution in [2.24, 2.45) is 0 Å². The molecule has 0 saturated heterocycles. The van der Waals surface area contributed by atoms with Crippen molar-refractivity contribution in [2.75, 3.05) is 13.2 Å². The number of hydrogen-bond acceptors (Lipinski definition) is 6. The zero-order valence-electron chi connectivity index (χ0n) is 52.3. The minimum atomic E-state index is -0.792. The van der Waals surface area contributed by atoms with Gasteiger partial charge in [-0.3, -0.25) is 14.4 Å². The third-order valence-electron chi connectivity index (χ3n) is 14.2. The van der Waals surface area contributed by atoms with Crippen LogP contribution in [0.15, 0.2) is 122 Å². The molecule has 0 aromatic rings. The van der Waals surface area contributed by atoms with Gasteiger partial charge in [0.2, 0.25) is 0 Å². The molecule has 0 N–H and O–H groups in total. The molecule has 0 aromatic heterocycles. The van der Waals surface area contributed by atoms with Crippen LogP contribution in [0, 0.1) is 0 Å². The molecule has 0 fully saturated rings. The second kappa shape index (κ2) is 67.3. The highest BCUT2D eigenvalue weighted by molar-refractivity contribution is 5.71. The van der Waals surface area contributed by atoms with Crippen LogP contribution in [0.1, 0.15) is 310 Å². The molecule has 0 amide bonds. The Morgan fingerprint density at radius 1 is 0.263 bits per heavy atom. The van der Waals surface area contributed by atoms with Crippen LogP contribution in [0.4, 0.5) is 0 Å². The summed E-state index contributed by atoms with van der Waals surface area (Å²) in [6, 6.07) is 0. The van der Waals surface area contributed by atoms with Gasteiger partial charge in [-0.2, -0.15) is 0 Å². The van der Waals surface area contributed by atoms with E-state index in [4.69, 9.17) is 14.2 Å². The summed E-state index contributed by atoms with van der Waals surface area (Å²) in [5, 5.41) is 0. The predicted octanol–water partition coefficient (Wildman–Crippen LogP) is 23.2. The van der Waals surface area contributed by atoms with Crippen molar-refractivity contribution in [1.82, 2.24) is 0 Å². The van der Waals surface area contributed by atoms with Crippen molar-refractivity contribution in [3.05, 3.63) is 122 Å². The van der Waals surface area contributed by atoms with Crippen LogP contribution >= 0.6 is 0 Å². The normalized spacial score (nSPS) is 12.9. The Labute approximate surface area is 494 Å². The van der Waals surface area contributed by atoms with Gasteiger partial charge in [0, 0.05) is 19.3 Å². The molecule has 0 rings (SSSR count). The average Bonchev–Trinajstić information content (AvgIpc) is 3.46. The number of hydrogen-bond donors (Lipinski definition) is 0. The van der Waals surface area contributed by atoms with Crippen molar-refractivity contribution in [2.45, 2.75) is 316 Å². The summed E-state index contributed by atoms with van der Waals surface area (Å²) in [6.07, 6.45) is 93.5. The van der Waals surface area contributed by atoms with Crippen molar-refractivity contribution in [3.8, 4) is 0 Å². The Kier molecular flexibility index (Phi) is 63.8. The van der Waals surface area contributed by atoms with Gasteiger partial charge in [0.05, 0.1) is 0 Å².